The zero-order valence-corrected chi connectivity index (χ0v) is 10.8. The molecule has 4 nitrogen and oxygen atoms in total. The summed E-state index contributed by atoms with van der Waals surface area (Å²) in [7, 11) is 1.48. The summed E-state index contributed by atoms with van der Waals surface area (Å²) in [6.45, 7) is -0.0115. The van der Waals surface area contributed by atoms with Crippen LogP contribution in [0.2, 0.25) is 0 Å². The van der Waals surface area contributed by atoms with Gasteiger partial charge in [0.15, 0.2) is 0 Å². The summed E-state index contributed by atoms with van der Waals surface area (Å²) >= 11 is 0. The number of rotatable bonds is 5. The molecule has 1 amide bonds. The predicted octanol–water partition coefficient (Wildman–Crippen LogP) is 2.48. The molecule has 0 spiro atoms. The lowest BCUT2D eigenvalue weighted by atomic mass is 10.1. The average molecular weight is 286 g/mol. The number of nitrogens with one attached hydrogen (secondary N) is 1. The van der Waals surface area contributed by atoms with Crippen LogP contribution in [0.3, 0.4) is 0 Å². The molecule has 0 bridgehead atoms. The molecule has 0 aliphatic heterocycles. The maximum atomic E-state index is 12.8. The fraction of sp³-hybridized carbons (Fsp3) is 0.385. The molecule has 0 aliphatic carbocycles. The van der Waals surface area contributed by atoms with Crippen LogP contribution in [0.4, 0.5) is 13.2 Å². The van der Waals surface area contributed by atoms with E-state index in [9.17, 15) is 18.0 Å². The van der Waals surface area contributed by atoms with Crippen LogP contribution in [-0.4, -0.2) is 19.6 Å². The summed E-state index contributed by atoms with van der Waals surface area (Å²) in [5.74, 6) is -0.544. The van der Waals surface area contributed by atoms with Gasteiger partial charge >= 0.3 is 6.18 Å². The highest BCUT2D eigenvalue weighted by Gasteiger charge is 2.34. The molecule has 1 aromatic rings. The van der Waals surface area contributed by atoms with Gasteiger partial charge in [0.1, 0.15) is 5.75 Å². The molecule has 1 rings (SSSR count). The summed E-state index contributed by atoms with van der Waals surface area (Å²) in [4.78, 5) is 11.0. The smallest absolute Gasteiger partial charge is 0.420 e. The minimum Gasteiger partial charge on any atom is -0.493 e. The second kappa shape index (κ2) is 6.80. The fourth-order valence-corrected chi connectivity index (χ4v) is 1.49. The lowest BCUT2D eigenvalue weighted by molar-refractivity contribution is -0.139. The van der Waals surface area contributed by atoms with Crippen LogP contribution in [0.5, 0.6) is 5.75 Å². The van der Waals surface area contributed by atoms with Crippen LogP contribution in [0, 0.1) is 11.3 Å². The number of nitrogens with zero attached hydrogens (tertiary/aromatic N) is 1. The Bertz CT molecular complexity index is 521. The predicted molar refractivity (Wildman–Crippen MR) is 65.0 cm³/mol. The first-order valence-electron chi connectivity index (χ1n) is 5.83. The van der Waals surface area contributed by atoms with E-state index in [0.717, 1.165) is 12.1 Å². The van der Waals surface area contributed by atoms with Crippen molar-refractivity contribution in [1.82, 2.24) is 5.32 Å². The van der Waals surface area contributed by atoms with Crippen molar-refractivity contribution in [1.29, 1.82) is 5.26 Å². The number of ether oxygens (including phenoxy) is 1. The molecule has 0 unspecified atom stereocenters. The van der Waals surface area contributed by atoms with E-state index in [0.29, 0.717) is 6.42 Å². The van der Waals surface area contributed by atoms with E-state index in [1.807, 2.05) is 0 Å². The van der Waals surface area contributed by atoms with E-state index in [-0.39, 0.29) is 30.2 Å². The highest BCUT2D eigenvalue weighted by Crippen LogP contribution is 2.36. The van der Waals surface area contributed by atoms with Crippen molar-refractivity contribution in [2.45, 2.75) is 19.0 Å². The Hall–Kier alpha value is -2.23. The van der Waals surface area contributed by atoms with Gasteiger partial charge in [0, 0.05) is 13.5 Å². The van der Waals surface area contributed by atoms with Crippen molar-refractivity contribution in [2.75, 3.05) is 13.7 Å². The Kier molecular flexibility index (Phi) is 5.38. The van der Waals surface area contributed by atoms with Gasteiger partial charge in [0.05, 0.1) is 23.8 Å². The average Bonchev–Trinajstić information content (AvgIpc) is 2.42. The Morgan fingerprint density at radius 2 is 2.15 bits per heavy atom. The molecular formula is C13H13F3N2O2. The number of benzene rings is 1. The van der Waals surface area contributed by atoms with E-state index in [1.165, 1.54) is 13.1 Å². The summed E-state index contributed by atoms with van der Waals surface area (Å²) in [5, 5.41) is 11.0. The van der Waals surface area contributed by atoms with Crippen molar-refractivity contribution in [3.8, 4) is 11.8 Å². The van der Waals surface area contributed by atoms with Gasteiger partial charge in [-0.25, -0.2) is 0 Å². The molecule has 1 N–H and O–H groups in total. The molecule has 0 saturated carbocycles. The maximum Gasteiger partial charge on any atom is 0.420 e. The zero-order valence-electron chi connectivity index (χ0n) is 10.8. The van der Waals surface area contributed by atoms with Crippen LogP contribution in [0.15, 0.2) is 18.2 Å². The Labute approximate surface area is 114 Å². The van der Waals surface area contributed by atoms with Gasteiger partial charge in [-0.1, -0.05) is 0 Å². The van der Waals surface area contributed by atoms with Gasteiger partial charge in [-0.05, 0) is 24.6 Å². The minimum absolute atomic E-state index is 0.0115. The number of alkyl halides is 3. The number of carbonyl (C=O) groups is 1. The third kappa shape index (κ3) is 4.46. The molecule has 0 heterocycles. The first kappa shape index (κ1) is 15.8. The van der Waals surface area contributed by atoms with Gasteiger partial charge < -0.3 is 10.1 Å². The Balaban J connectivity index is 2.75. The lowest BCUT2D eigenvalue weighted by Crippen LogP contribution is -2.18. The topological polar surface area (TPSA) is 62.1 Å². The molecule has 108 valence electrons. The van der Waals surface area contributed by atoms with Crippen LogP contribution < -0.4 is 10.1 Å². The molecule has 0 saturated heterocycles. The van der Waals surface area contributed by atoms with Crippen LogP contribution in [0.1, 0.15) is 24.0 Å². The van der Waals surface area contributed by atoms with Crippen LogP contribution >= 0.6 is 0 Å². The van der Waals surface area contributed by atoms with Crippen LogP contribution in [0.25, 0.3) is 0 Å². The van der Waals surface area contributed by atoms with Crippen molar-refractivity contribution in [3.63, 3.8) is 0 Å². The number of hydrogen-bond acceptors (Lipinski definition) is 3. The lowest BCUT2D eigenvalue weighted by Gasteiger charge is -2.14. The van der Waals surface area contributed by atoms with Crippen molar-refractivity contribution in [3.05, 3.63) is 29.3 Å². The first-order valence-corrected chi connectivity index (χ1v) is 5.83. The largest absolute Gasteiger partial charge is 0.493 e. The highest BCUT2D eigenvalue weighted by molar-refractivity contribution is 5.75. The standard InChI is InChI=1S/C13H13F3N2O2/c1-18-12(19)3-2-6-20-11-5-4-9(8-17)7-10(11)13(14,15)16/h4-5,7H,2-3,6H2,1H3,(H,18,19). The summed E-state index contributed by atoms with van der Waals surface area (Å²) < 4.78 is 43.5. The Morgan fingerprint density at radius 3 is 2.70 bits per heavy atom. The maximum absolute atomic E-state index is 12.8. The van der Waals surface area contributed by atoms with Gasteiger partial charge in [-0.3, -0.25) is 4.79 Å². The summed E-state index contributed by atoms with van der Waals surface area (Å²) in [6, 6.07) is 4.76. The third-order valence-corrected chi connectivity index (χ3v) is 2.50. The van der Waals surface area contributed by atoms with E-state index < -0.39 is 11.7 Å². The zero-order chi connectivity index (χ0) is 15.2. The molecule has 0 atom stereocenters. The molecule has 20 heavy (non-hydrogen) atoms. The van der Waals surface area contributed by atoms with Crippen molar-refractivity contribution < 1.29 is 22.7 Å². The van der Waals surface area contributed by atoms with E-state index in [1.54, 1.807) is 6.07 Å². The third-order valence-electron chi connectivity index (χ3n) is 2.50. The van der Waals surface area contributed by atoms with Gasteiger partial charge in [0.25, 0.3) is 0 Å². The molecule has 0 aromatic heterocycles. The second-order valence-corrected chi connectivity index (χ2v) is 3.95. The van der Waals surface area contributed by atoms with Crippen molar-refractivity contribution >= 4 is 5.91 Å². The number of amides is 1. The molecule has 1 aromatic carbocycles. The molecular weight excluding hydrogens is 273 g/mol. The van der Waals surface area contributed by atoms with Crippen molar-refractivity contribution in [2.24, 2.45) is 0 Å². The molecule has 0 aliphatic rings. The summed E-state index contributed by atoms with van der Waals surface area (Å²) in [5.41, 5.74) is -1.08. The normalized spacial score (nSPS) is 10.8. The monoisotopic (exact) mass is 286 g/mol. The van der Waals surface area contributed by atoms with E-state index in [2.05, 4.69) is 5.32 Å². The number of nitriles is 1. The minimum atomic E-state index is -4.59. The van der Waals surface area contributed by atoms with Crippen LogP contribution in [-0.2, 0) is 11.0 Å². The second-order valence-electron chi connectivity index (χ2n) is 3.95. The molecule has 0 radical (unpaired) electrons. The molecule has 7 heteroatoms. The molecule has 0 fully saturated rings. The van der Waals surface area contributed by atoms with E-state index >= 15 is 0 Å². The highest BCUT2D eigenvalue weighted by atomic mass is 19.4. The fourth-order valence-electron chi connectivity index (χ4n) is 1.49. The quantitative estimate of drug-likeness (QED) is 0.846. The first-order chi connectivity index (χ1) is 9.38. The number of hydrogen-bond donors (Lipinski definition) is 1. The SMILES string of the molecule is CNC(=O)CCCOc1ccc(C#N)cc1C(F)(F)F. The Morgan fingerprint density at radius 1 is 1.45 bits per heavy atom. The number of halogens is 3. The van der Waals surface area contributed by atoms with Gasteiger partial charge in [0.2, 0.25) is 5.91 Å². The summed E-state index contributed by atoms with van der Waals surface area (Å²) in [6.07, 6.45) is -4.12. The van der Waals surface area contributed by atoms with Gasteiger partial charge in [-0.15, -0.1) is 0 Å². The number of carbonyl (C=O) groups excluding carboxylic acids is 1. The van der Waals surface area contributed by atoms with Gasteiger partial charge in [-0.2, -0.15) is 18.4 Å². The van der Waals surface area contributed by atoms with E-state index in [4.69, 9.17) is 10.00 Å².